The summed E-state index contributed by atoms with van der Waals surface area (Å²) in [7, 11) is 0. The van der Waals surface area contributed by atoms with Gasteiger partial charge in [0.2, 0.25) is 0 Å². The molecule has 0 aromatic carbocycles. The maximum Gasteiger partial charge on any atom is 0.271 e. The first-order valence-electron chi connectivity index (χ1n) is 5.50. The summed E-state index contributed by atoms with van der Waals surface area (Å²) in [6, 6.07) is 3.51. The second-order valence-electron chi connectivity index (χ2n) is 3.64. The summed E-state index contributed by atoms with van der Waals surface area (Å²) in [6.45, 7) is 0.528. The Kier molecular flexibility index (Phi) is 6.13. The molecule has 0 aliphatic carbocycles. The Morgan fingerprint density at radius 1 is 1.56 bits per heavy atom. The number of halogens is 1. The van der Waals surface area contributed by atoms with E-state index in [1.165, 1.54) is 0 Å². The number of amidine groups is 1. The minimum atomic E-state index is -0.216. The third kappa shape index (κ3) is 4.70. The first kappa shape index (κ1) is 14.4. The highest BCUT2D eigenvalue weighted by Crippen LogP contribution is 2.12. The van der Waals surface area contributed by atoms with Crippen LogP contribution in [-0.2, 0) is 0 Å². The van der Waals surface area contributed by atoms with Crippen molar-refractivity contribution in [1.82, 2.24) is 10.3 Å². The van der Waals surface area contributed by atoms with Crippen LogP contribution in [0.25, 0.3) is 0 Å². The summed E-state index contributed by atoms with van der Waals surface area (Å²) in [5, 5.41) is 14.0. The molecule has 1 amide bonds. The monoisotopic (exact) mass is 314 g/mol. The second kappa shape index (κ2) is 7.65. The highest BCUT2D eigenvalue weighted by molar-refractivity contribution is 9.10. The standard InChI is InChI=1S/C11H15BrN4O2/c12-8-4-3-7-14-10(8)11(17)15-6-2-1-5-9(13)16-18/h3-4,7,18H,1-2,5-6H2,(H2,13,16)(H,15,17). The van der Waals surface area contributed by atoms with Gasteiger partial charge in [-0.05, 0) is 40.9 Å². The Labute approximate surface area is 113 Å². The van der Waals surface area contributed by atoms with Gasteiger partial charge in [-0.1, -0.05) is 5.16 Å². The van der Waals surface area contributed by atoms with Crippen molar-refractivity contribution in [1.29, 1.82) is 0 Å². The molecule has 0 fully saturated rings. The zero-order valence-corrected chi connectivity index (χ0v) is 11.4. The lowest BCUT2D eigenvalue weighted by atomic mass is 10.2. The molecule has 1 aromatic rings. The van der Waals surface area contributed by atoms with E-state index in [9.17, 15) is 4.79 Å². The first-order chi connectivity index (χ1) is 8.65. The van der Waals surface area contributed by atoms with Crippen LogP contribution in [-0.4, -0.2) is 28.5 Å². The van der Waals surface area contributed by atoms with Gasteiger partial charge < -0.3 is 16.3 Å². The van der Waals surface area contributed by atoms with Crippen LogP contribution >= 0.6 is 15.9 Å². The number of nitrogens with zero attached hydrogens (tertiary/aromatic N) is 2. The SMILES string of the molecule is N/C(CCCCNC(=O)c1ncccc1Br)=N/O. The quantitative estimate of drug-likeness (QED) is 0.243. The number of nitrogens with one attached hydrogen (secondary N) is 1. The molecule has 0 aliphatic heterocycles. The van der Waals surface area contributed by atoms with Crippen LogP contribution in [0.15, 0.2) is 28.0 Å². The molecule has 0 atom stereocenters. The van der Waals surface area contributed by atoms with Gasteiger partial charge in [0.25, 0.3) is 5.91 Å². The molecule has 6 nitrogen and oxygen atoms in total. The Bertz CT molecular complexity index is 437. The highest BCUT2D eigenvalue weighted by Gasteiger charge is 2.09. The van der Waals surface area contributed by atoms with E-state index in [1.807, 2.05) is 0 Å². The van der Waals surface area contributed by atoms with Crippen LogP contribution in [0.4, 0.5) is 0 Å². The van der Waals surface area contributed by atoms with Crippen LogP contribution in [0.1, 0.15) is 29.8 Å². The molecule has 18 heavy (non-hydrogen) atoms. The van der Waals surface area contributed by atoms with Crippen molar-refractivity contribution in [3.8, 4) is 0 Å². The summed E-state index contributed by atoms with van der Waals surface area (Å²) in [4.78, 5) is 15.7. The molecule has 0 radical (unpaired) electrons. The maximum atomic E-state index is 11.7. The molecule has 0 saturated carbocycles. The van der Waals surface area contributed by atoms with Crippen molar-refractivity contribution in [2.75, 3.05) is 6.54 Å². The lowest BCUT2D eigenvalue weighted by Crippen LogP contribution is -2.26. The number of pyridine rings is 1. The van der Waals surface area contributed by atoms with E-state index in [-0.39, 0.29) is 11.7 Å². The predicted molar refractivity (Wildman–Crippen MR) is 71.5 cm³/mol. The number of carbonyl (C=O) groups is 1. The average Bonchev–Trinajstić information content (AvgIpc) is 2.38. The molecule has 0 saturated heterocycles. The Morgan fingerprint density at radius 2 is 2.33 bits per heavy atom. The van der Waals surface area contributed by atoms with Crippen LogP contribution in [0, 0.1) is 0 Å². The van der Waals surface area contributed by atoms with Crippen molar-refractivity contribution in [3.05, 3.63) is 28.5 Å². The third-order valence-electron chi connectivity index (χ3n) is 2.25. The predicted octanol–water partition coefficient (Wildman–Crippen LogP) is 1.49. The molecule has 0 spiro atoms. The van der Waals surface area contributed by atoms with E-state index < -0.39 is 0 Å². The molecule has 0 bridgehead atoms. The van der Waals surface area contributed by atoms with Crippen LogP contribution in [0.3, 0.4) is 0 Å². The van der Waals surface area contributed by atoms with E-state index in [0.717, 1.165) is 12.8 Å². The molecule has 98 valence electrons. The van der Waals surface area contributed by atoms with Crippen molar-refractivity contribution in [2.45, 2.75) is 19.3 Å². The minimum Gasteiger partial charge on any atom is -0.409 e. The van der Waals surface area contributed by atoms with E-state index in [4.69, 9.17) is 10.9 Å². The number of rotatable bonds is 6. The van der Waals surface area contributed by atoms with Gasteiger partial charge in [-0.25, -0.2) is 4.98 Å². The summed E-state index contributed by atoms with van der Waals surface area (Å²) < 4.78 is 0.666. The Hall–Kier alpha value is -1.63. The fourth-order valence-corrected chi connectivity index (χ4v) is 1.75. The number of nitrogens with two attached hydrogens (primary N) is 1. The lowest BCUT2D eigenvalue weighted by molar-refractivity contribution is 0.0947. The minimum absolute atomic E-state index is 0.203. The molecule has 1 rings (SSSR count). The van der Waals surface area contributed by atoms with Crippen LogP contribution in [0.5, 0.6) is 0 Å². The van der Waals surface area contributed by atoms with Crippen LogP contribution in [0.2, 0.25) is 0 Å². The number of amides is 1. The zero-order valence-electron chi connectivity index (χ0n) is 9.77. The number of hydrogen-bond donors (Lipinski definition) is 3. The van der Waals surface area contributed by atoms with Crippen molar-refractivity contribution >= 4 is 27.7 Å². The largest absolute Gasteiger partial charge is 0.409 e. The molecule has 1 heterocycles. The van der Waals surface area contributed by atoms with E-state index in [1.54, 1.807) is 18.3 Å². The van der Waals surface area contributed by atoms with Gasteiger partial charge in [-0.2, -0.15) is 0 Å². The molecule has 1 aromatic heterocycles. The van der Waals surface area contributed by atoms with Crippen molar-refractivity contribution < 1.29 is 10.0 Å². The van der Waals surface area contributed by atoms with Crippen LogP contribution < -0.4 is 11.1 Å². The summed E-state index contributed by atoms with van der Waals surface area (Å²) in [6.07, 6.45) is 3.59. The van der Waals surface area contributed by atoms with Crippen molar-refractivity contribution in [2.24, 2.45) is 10.9 Å². The number of carbonyl (C=O) groups excluding carboxylic acids is 1. The summed E-state index contributed by atoms with van der Waals surface area (Å²) in [5.74, 6) is -0.0138. The number of oxime groups is 1. The summed E-state index contributed by atoms with van der Waals surface area (Å²) in [5.41, 5.74) is 5.69. The average molecular weight is 315 g/mol. The number of unbranched alkanes of at least 4 members (excludes halogenated alkanes) is 1. The molecule has 0 unspecified atom stereocenters. The van der Waals surface area contributed by atoms with Gasteiger partial charge in [-0.3, -0.25) is 4.79 Å². The fourth-order valence-electron chi connectivity index (χ4n) is 1.32. The lowest BCUT2D eigenvalue weighted by Gasteiger charge is -2.05. The molecule has 4 N–H and O–H groups in total. The van der Waals surface area contributed by atoms with Gasteiger partial charge in [0.05, 0.1) is 0 Å². The Balaban J connectivity index is 2.28. The number of hydrogen-bond acceptors (Lipinski definition) is 4. The maximum absolute atomic E-state index is 11.7. The first-order valence-corrected chi connectivity index (χ1v) is 6.29. The van der Waals surface area contributed by atoms with E-state index >= 15 is 0 Å². The normalized spacial score (nSPS) is 11.3. The molecular formula is C11H15BrN4O2. The Morgan fingerprint density at radius 3 is 3.00 bits per heavy atom. The second-order valence-corrected chi connectivity index (χ2v) is 4.49. The van der Waals surface area contributed by atoms with Gasteiger partial charge in [-0.15, -0.1) is 0 Å². The fraction of sp³-hybridized carbons (Fsp3) is 0.364. The number of aromatic nitrogens is 1. The van der Waals surface area contributed by atoms with E-state index in [0.29, 0.717) is 23.1 Å². The van der Waals surface area contributed by atoms with Gasteiger partial charge in [0, 0.05) is 23.6 Å². The van der Waals surface area contributed by atoms with E-state index in [2.05, 4.69) is 31.4 Å². The molecule has 0 aliphatic rings. The van der Waals surface area contributed by atoms with Gasteiger partial charge in [0.1, 0.15) is 11.5 Å². The molecular weight excluding hydrogens is 300 g/mol. The van der Waals surface area contributed by atoms with Crippen molar-refractivity contribution in [3.63, 3.8) is 0 Å². The molecule has 7 heteroatoms. The highest BCUT2D eigenvalue weighted by atomic mass is 79.9. The third-order valence-corrected chi connectivity index (χ3v) is 2.89. The zero-order chi connectivity index (χ0) is 13.4. The summed E-state index contributed by atoms with van der Waals surface area (Å²) >= 11 is 3.26. The smallest absolute Gasteiger partial charge is 0.271 e. The van der Waals surface area contributed by atoms with Gasteiger partial charge in [0.15, 0.2) is 0 Å². The topological polar surface area (TPSA) is 101 Å². The van der Waals surface area contributed by atoms with Gasteiger partial charge >= 0.3 is 0 Å².